The standard InChI is InChI=1S/C12H16N2O2/c15-14(16)11-8-10-6-4-2-1-3-5-7-12(10)13-9-11/h8-9H,1-7H2. The number of pyridine rings is 1. The van der Waals surface area contributed by atoms with Crippen molar-refractivity contribution in [3.8, 4) is 0 Å². The van der Waals surface area contributed by atoms with E-state index in [1.54, 1.807) is 6.07 Å². The quantitative estimate of drug-likeness (QED) is 0.540. The first-order chi connectivity index (χ1) is 7.77. The summed E-state index contributed by atoms with van der Waals surface area (Å²) in [5.74, 6) is 0. The molecule has 1 aliphatic carbocycles. The highest BCUT2D eigenvalue weighted by Gasteiger charge is 2.12. The fourth-order valence-corrected chi connectivity index (χ4v) is 2.21. The summed E-state index contributed by atoms with van der Waals surface area (Å²) in [4.78, 5) is 14.6. The van der Waals surface area contributed by atoms with E-state index in [1.807, 2.05) is 0 Å². The molecule has 0 aromatic carbocycles. The summed E-state index contributed by atoms with van der Waals surface area (Å²) in [6.45, 7) is 0. The normalized spacial score (nSPS) is 16.8. The largest absolute Gasteiger partial charge is 0.287 e. The molecule has 86 valence electrons. The monoisotopic (exact) mass is 220 g/mol. The zero-order chi connectivity index (χ0) is 11.4. The molecule has 1 heterocycles. The lowest BCUT2D eigenvalue weighted by Crippen LogP contribution is -2.00. The molecule has 0 amide bonds. The molecule has 0 bridgehead atoms. The van der Waals surface area contributed by atoms with Crippen LogP contribution in [0.2, 0.25) is 0 Å². The lowest BCUT2D eigenvalue weighted by Gasteiger charge is -2.05. The highest BCUT2D eigenvalue weighted by molar-refractivity contribution is 5.34. The average Bonchev–Trinajstić information content (AvgIpc) is 2.39. The van der Waals surface area contributed by atoms with Crippen molar-refractivity contribution >= 4 is 5.69 Å². The molecule has 1 aromatic heterocycles. The van der Waals surface area contributed by atoms with Crippen LogP contribution in [-0.2, 0) is 12.8 Å². The van der Waals surface area contributed by atoms with Gasteiger partial charge in [0.05, 0.1) is 4.92 Å². The van der Waals surface area contributed by atoms with Crippen LogP contribution in [0.15, 0.2) is 12.3 Å². The number of aryl methyl sites for hydroxylation is 2. The molecule has 0 atom stereocenters. The van der Waals surface area contributed by atoms with Gasteiger partial charge in [0, 0.05) is 11.8 Å². The van der Waals surface area contributed by atoms with Crippen LogP contribution in [0.5, 0.6) is 0 Å². The molecular weight excluding hydrogens is 204 g/mol. The van der Waals surface area contributed by atoms with Gasteiger partial charge >= 0.3 is 0 Å². The first-order valence-electron chi connectivity index (χ1n) is 5.89. The fourth-order valence-electron chi connectivity index (χ4n) is 2.21. The Bertz CT molecular complexity index is 391. The minimum Gasteiger partial charge on any atom is -0.258 e. The Morgan fingerprint density at radius 3 is 2.56 bits per heavy atom. The van der Waals surface area contributed by atoms with E-state index >= 15 is 0 Å². The van der Waals surface area contributed by atoms with E-state index in [1.165, 1.54) is 25.5 Å². The lowest BCUT2D eigenvalue weighted by atomic mass is 10.0. The average molecular weight is 220 g/mol. The molecule has 0 saturated heterocycles. The number of hydrogen-bond donors (Lipinski definition) is 0. The molecule has 0 radical (unpaired) electrons. The van der Waals surface area contributed by atoms with Gasteiger partial charge in [-0.05, 0) is 31.2 Å². The van der Waals surface area contributed by atoms with Crippen molar-refractivity contribution in [2.75, 3.05) is 0 Å². The van der Waals surface area contributed by atoms with Crippen LogP contribution >= 0.6 is 0 Å². The highest BCUT2D eigenvalue weighted by Crippen LogP contribution is 2.21. The number of aromatic nitrogens is 1. The van der Waals surface area contributed by atoms with Gasteiger partial charge in [-0.2, -0.15) is 0 Å². The van der Waals surface area contributed by atoms with Gasteiger partial charge in [-0.25, -0.2) is 0 Å². The van der Waals surface area contributed by atoms with E-state index in [-0.39, 0.29) is 10.6 Å². The van der Waals surface area contributed by atoms with Gasteiger partial charge in [0.25, 0.3) is 5.69 Å². The van der Waals surface area contributed by atoms with Crippen LogP contribution < -0.4 is 0 Å². The Labute approximate surface area is 94.9 Å². The summed E-state index contributed by atoms with van der Waals surface area (Å²) in [7, 11) is 0. The van der Waals surface area contributed by atoms with Gasteiger partial charge in [0.1, 0.15) is 6.20 Å². The van der Waals surface area contributed by atoms with E-state index < -0.39 is 0 Å². The highest BCUT2D eigenvalue weighted by atomic mass is 16.6. The van der Waals surface area contributed by atoms with E-state index in [0.717, 1.165) is 36.9 Å². The van der Waals surface area contributed by atoms with Crippen molar-refractivity contribution in [2.45, 2.75) is 44.9 Å². The Kier molecular flexibility index (Phi) is 3.49. The number of nitrogens with zero attached hydrogens (tertiary/aromatic N) is 2. The predicted octanol–water partition coefficient (Wildman–Crippen LogP) is 3.04. The molecule has 0 aliphatic heterocycles. The van der Waals surface area contributed by atoms with Crippen LogP contribution in [0.1, 0.15) is 43.4 Å². The third kappa shape index (κ3) is 2.56. The third-order valence-corrected chi connectivity index (χ3v) is 3.12. The number of rotatable bonds is 1. The van der Waals surface area contributed by atoms with Crippen LogP contribution in [0, 0.1) is 10.1 Å². The predicted molar refractivity (Wildman–Crippen MR) is 61.4 cm³/mol. The van der Waals surface area contributed by atoms with Gasteiger partial charge in [0.2, 0.25) is 0 Å². The number of fused-ring (bicyclic) bond motifs is 1. The molecule has 0 N–H and O–H groups in total. The Hall–Kier alpha value is -1.45. The molecule has 16 heavy (non-hydrogen) atoms. The minimum absolute atomic E-state index is 0.123. The van der Waals surface area contributed by atoms with Crippen molar-refractivity contribution in [3.05, 3.63) is 33.6 Å². The summed E-state index contributed by atoms with van der Waals surface area (Å²) in [6, 6.07) is 1.70. The van der Waals surface area contributed by atoms with Crippen molar-refractivity contribution in [1.29, 1.82) is 0 Å². The summed E-state index contributed by atoms with van der Waals surface area (Å²) in [5.41, 5.74) is 2.27. The van der Waals surface area contributed by atoms with E-state index in [2.05, 4.69) is 4.98 Å². The Morgan fingerprint density at radius 2 is 1.81 bits per heavy atom. The molecule has 1 aromatic rings. The second kappa shape index (κ2) is 5.05. The van der Waals surface area contributed by atoms with Gasteiger partial charge < -0.3 is 0 Å². The second-order valence-corrected chi connectivity index (χ2v) is 4.32. The first-order valence-corrected chi connectivity index (χ1v) is 5.89. The van der Waals surface area contributed by atoms with Crippen LogP contribution in [-0.4, -0.2) is 9.91 Å². The molecule has 4 heteroatoms. The summed E-state index contributed by atoms with van der Waals surface area (Å²) in [5, 5.41) is 10.7. The molecule has 0 unspecified atom stereocenters. The maximum absolute atomic E-state index is 10.7. The van der Waals surface area contributed by atoms with Crippen molar-refractivity contribution < 1.29 is 4.92 Å². The molecule has 4 nitrogen and oxygen atoms in total. The summed E-state index contributed by atoms with van der Waals surface area (Å²) < 4.78 is 0. The molecule has 0 fully saturated rings. The van der Waals surface area contributed by atoms with Crippen molar-refractivity contribution in [3.63, 3.8) is 0 Å². The van der Waals surface area contributed by atoms with Gasteiger partial charge in [-0.15, -0.1) is 0 Å². The molecular formula is C12H16N2O2. The summed E-state index contributed by atoms with van der Waals surface area (Å²) >= 11 is 0. The topological polar surface area (TPSA) is 56.0 Å². The van der Waals surface area contributed by atoms with Gasteiger partial charge in [-0.3, -0.25) is 15.1 Å². The zero-order valence-electron chi connectivity index (χ0n) is 9.32. The van der Waals surface area contributed by atoms with Crippen molar-refractivity contribution in [2.24, 2.45) is 0 Å². The molecule has 1 aliphatic rings. The second-order valence-electron chi connectivity index (χ2n) is 4.32. The maximum Gasteiger partial charge on any atom is 0.287 e. The lowest BCUT2D eigenvalue weighted by molar-refractivity contribution is -0.385. The SMILES string of the molecule is O=[N+]([O-])c1cnc2c(c1)CCCCCCC2. The molecule has 0 saturated carbocycles. The summed E-state index contributed by atoms with van der Waals surface area (Å²) in [6.07, 6.45) is 9.30. The Balaban J connectivity index is 2.27. The van der Waals surface area contributed by atoms with Gasteiger partial charge in [0.15, 0.2) is 0 Å². The van der Waals surface area contributed by atoms with Crippen molar-refractivity contribution in [1.82, 2.24) is 4.98 Å². The first kappa shape index (κ1) is 11.0. The smallest absolute Gasteiger partial charge is 0.258 e. The third-order valence-electron chi connectivity index (χ3n) is 3.12. The molecule has 0 spiro atoms. The maximum atomic E-state index is 10.7. The number of hydrogen-bond acceptors (Lipinski definition) is 3. The minimum atomic E-state index is -0.361. The van der Waals surface area contributed by atoms with E-state index in [0.29, 0.717) is 0 Å². The Morgan fingerprint density at radius 1 is 1.12 bits per heavy atom. The molecule has 2 rings (SSSR count). The van der Waals surface area contributed by atoms with Gasteiger partial charge in [-0.1, -0.05) is 19.3 Å². The van der Waals surface area contributed by atoms with Crippen LogP contribution in [0.25, 0.3) is 0 Å². The van der Waals surface area contributed by atoms with E-state index in [4.69, 9.17) is 0 Å². The van der Waals surface area contributed by atoms with Crippen LogP contribution in [0.4, 0.5) is 5.69 Å². The van der Waals surface area contributed by atoms with Crippen LogP contribution in [0.3, 0.4) is 0 Å². The number of nitro groups is 1. The zero-order valence-corrected chi connectivity index (χ0v) is 9.32. The fraction of sp³-hybridized carbons (Fsp3) is 0.583. The van der Waals surface area contributed by atoms with E-state index in [9.17, 15) is 10.1 Å².